The van der Waals surface area contributed by atoms with Crippen LogP contribution in [0.15, 0.2) is 47.6 Å². The lowest BCUT2D eigenvalue weighted by atomic mass is 10.2. The number of hydrazone groups is 1. The van der Waals surface area contributed by atoms with E-state index in [9.17, 15) is 9.59 Å². The lowest BCUT2D eigenvalue weighted by Crippen LogP contribution is -2.24. The molecule has 26 heavy (non-hydrogen) atoms. The third-order valence-corrected chi connectivity index (χ3v) is 4.08. The first kappa shape index (κ1) is 19.8. The van der Waals surface area contributed by atoms with Crippen molar-refractivity contribution in [3.05, 3.63) is 58.1 Å². The Bertz CT molecular complexity index is 820. The van der Waals surface area contributed by atoms with Crippen LogP contribution in [0.25, 0.3) is 0 Å². The van der Waals surface area contributed by atoms with Gasteiger partial charge in [-0.3, -0.25) is 9.59 Å². The van der Waals surface area contributed by atoms with E-state index in [1.54, 1.807) is 12.1 Å². The molecule has 6 nitrogen and oxygen atoms in total. The highest BCUT2D eigenvalue weighted by molar-refractivity contribution is 6.42. The van der Waals surface area contributed by atoms with Gasteiger partial charge in [-0.2, -0.15) is 5.10 Å². The van der Waals surface area contributed by atoms with E-state index in [4.69, 9.17) is 23.2 Å². The molecule has 0 bridgehead atoms. The normalized spacial score (nSPS) is 10.6. The number of anilines is 2. The van der Waals surface area contributed by atoms with Crippen molar-refractivity contribution in [2.45, 2.75) is 6.42 Å². The highest BCUT2D eigenvalue weighted by Gasteiger charge is 2.09. The molecule has 2 aromatic carbocycles. The fraction of sp³-hybridized carbons (Fsp3) is 0.167. The molecule has 0 aromatic heterocycles. The number of nitrogens with one attached hydrogen (secondary N) is 2. The van der Waals surface area contributed by atoms with Crippen molar-refractivity contribution in [3.63, 3.8) is 0 Å². The fourth-order valence-electron chi connectivity index (χ4n) is 2.00. The molecule has 0 heterocycles. The van der Waals surface area contributed by atoms with Crippen LogP contribution in [0.4, 0.5) is 11.4 Å². The Hall–Kier alpha value is -2.57. The second-order valence-corrected chi connectivity index (χ2v) is 6.45. The molecule has 2 rings (SSSR count). The third-order valence-electron chi connectivity index (χ3n) is 3.34. The summed E-state index contributed by atoms with van der Waals surface area (Å²) in [4.78, 5) is 25.6. The van der Waals surface area contributed by atoms with Crippen LogP contribution in [-0.2, 0) is 9.59 Å². The monoisotopic (exact) mass is 392 g/mol. The predicted octanol–water partition coefficient (Wildman–Crippen LogP) is 3.54. The minimum Gasteiger partial charge on any atom is -0.378 e. The van der Waals surface area contributed by atoms with E-state index < -0.39 is 11.8 Å². The molecule has 0 saturated carbocycles. The van der Waals surface area contributed by atoms with Crippen LogP contribution in [0.2, 0.25) is 10.0 Å². The second-order valence-electron chi connectivity index (χ2n) is 5.63. The average molecular weight is 393 g/mol. The van der Waals surface area contributed by atoms with Crippen molar-refractivity contribution >= 4 is 52.6 Å². The molecule has 8 heteroatoms. The van der Waals surface area contributed by atoms with Crippen LogP contribution < -0.4 is 15.6 Å². The van der Waals surface area contributed by atoms with Gasteiger partial charge in [-0.15, -0.1) is 0 Å². The maximum atomic E-state index is 11.8. The van der Waals surface area contributed by atoms with Gasteiger partial charge in [0.2, 0.25) is 11.8 Å². The zero-order chi connectivity index (χ0) is 19.1. The van der Waals surface area contributed by atoms with Crippen LogP contribution >= 0.6 is 23.2 Å². The molecule has 136 valence electrons. The standard InChI is InChI=1S/C18H18Cl2N4O2/c1-24(2)14-6-3-12(4-7-14)11-21-23-18(26)10-17(25)22-13-5-8-15(19)16(20)9-13/h3-9,11H,10H2,1-2H3,(H,22,25)(H,23,26). The molecule has 0 unspecified atom stereocenters. The summed E-state index contributed by atoms with van der Waals surface area (Å²) >= 11 is 11.7. The van der Waals surface area contributed by atoms with E-state index in [2.05, 4.69) is 15.8 Å². The minimum atomic E-state index is -0.524. The first-order chi connectivity index (χ1) is 12.3. The van der Waals surface area contributed by atoms with Crippen molar-refractivity contribution < 1.29 is 9.59 Å². The summed E-state index contributed by atoms with van der Waals surface area (Å²) in [6, 6.07) is 12.3. The zero-order valence-electron chi connectivity index (χ0n) is 14.3. The summed E-state index contributed by atoms with van der Waals surface area (Å²) in [5.41, 5.74) is 4.67. The molecule has 0 atom stereocenters. The Kier molecular flexibility index (Phi) is 7.00. The lowest BCUT2D eigenvalue weighted by Gasteiger charge is -2.11. The smallest absolute Gasteiger partial charge is 0.249 e. The molecular formula is C18H18Cl2N4O2. The second kappa shape index (κ2) is 9.22. The Morgan fingerprint density at radius 1 is 1.04 bits per heavy atom. The van der Waals surface area contributed by atoms with Crippen molar-refractivity contribution in [2.75, 3.05) is 24.3 Å². The highest BCUT2D eigenvalue weighted by Crippen LogP contribution is 2.25. The fourth-order valence-corrected chi connectivity index (χ4v) is 2.30. The van der Waals surface area contributed by atoms with Crippen LogP contribution in [0, 0.1) is 0 Å². The largest absolute Gasteiger partial charge is 0.378 e. The van der Waals surface area contributed by atoms with Gasteiger partial charge in [-0.25, -0.2) is 5.43 Å². The van der Waals surface area contributed by atoms with Gasteiger partial charge in [-0.05, 0) is 35.9 Å². The Morgan fingerprint density at radius 2 is 1.73 bits per heavy atom. The SMILES string of the molecule is CN(C)c1ccc(C=NNC(=O)CC(=O)Nc2ccc(Cl)c(Cl)c2)cc1. The highest BCUT2D eigenvalue weighted by atomic mass is 35.5. The number of nitrogens with zero attached hydrogens (tertiary/aromatic N) is 2. The predicted molar refractivity (Wildman–Crippen MR) is 106 cm³/mol. The molecule has 0 spiro atoms. The third kappa shape index (κ3) is 6.06. The van der Waals surface area contributed by atoms with E-state index in [0.29, 0.717) is 15.7 Å². The molecule has 0 radical (unpaired) electrons. The van der Waals surface area contributed by atoms with Crippen LogP contribution in [0.5, 0.6) is 0 Å². The summed E-state index contributed by atoms with van der Waals surface area (Å²) < 4.78 is 0. The van der Waals surface area contributed by atoms with Gasteiger partial charge in [-0.1, -0.05) is 35.3 Å². The first-order valence-corrected chi connectivity index (χ1v) is 8.45. The summed E-state index contributed by atoms with van der Waals surface area (Å²) in [6.45, 7) is 0. The van der Waals surface area contributed by atoms with E-state index >= 15 is 0 Å². The molecule has 0 aliphatic carbocycles. The van der Waals surface area contributed by atoms with E-state index in [-0.39, 0.29) is 6.42 Å². The van der Waals surface area contributed by atoms with E-state index in [0.717, 1.165) is 11.3 Å². The number of hydrogen-bond donors (Lipinski definition) is 2. The molecule has 0 aliphatic rings. The van der Waals surface area contributed by atoms with Gasteiger partial charge in [0.1, 0.15) is 6.42 Å². The van der Waals surface area contributed by atoms with E-state index in [1.807, 2.05) is 43.3 Å². The maximum Gasteiger partial charge on any atom is 0.249 e. The Balaban J connectivity index is 1.82. The van der Waals surface area contributed by atoms with Crippen molar-refractivity contribution in [1.82, 2.24) is 5.43 Å². The number of hydrogen-bond acceptors (Lipinski definition) is 4. The van der Waals surface area contributed by atoms with Crippen LogP contribution in [-0.4, -0.2) is 32.1 Å². The van der Waals surface area contributed by atoms with Crippen molar-refractivity contribution in [1.29, 1.82) is 0 Å². The summed E-state index contributed by atoms with van der Waals surface area (Å²) in [5, 5.41) is 7.11. The number of rotatable bonds is 6. The molecule has 0 saturated heterocycles. The van der Waals surface area contributed by atoms with Gasteiger partial charge in [0, 0.05) is 25.5 Å². The molecule has 0 aliphatic heterocycles. The van der Waals surface area contributed by atoms with Gasteiger partial charge >= 0.3 is 0 Å². The topological polar surface area (TPSA) is 73.8 Å². The zero-order valence-corrected chi connectivity index (χ0v) is 15.8. The lowest BCUT2D eigenvalue weighted by molar-refractivity contribution is -0.126. The number of carbonyl (C=O) groups excluding carboxylic acids is 2. The number of carbonyl (C=O) groups is 2. The molecular weight excluding hydrogens is 375 g/mol. The number of benzene rings is 2. The minimum absolute atomic E-state index is 0.318. The van der Waals surface area contributed by atoms with Crippen molar-refractivity contribution in [3.8, 4) is 0 Å². The number of amides is 2. The quantitative estimate of drug-likeness (QED) is 0.448. The van der Waals surface area contributed by atoms with Gasteiger partial charge < -0.3 is 10.2 Å². The Labute approximate surface area is 161 Å². The first-order valence-electron chi connectivity index (χ1n) is 7.69. The molecule has 2 amide bonds. The summed E-state index contributed by atoms with van der Waals surface area (Å²) in [7, 11) is 3.90. The summed E-state index contributed by atoms with van der Waals surface area (Å²) in [5.74, 6) is -1.00. The molecule has 2 N–H and O–H groups in total. The van der Waals surface area contributed by atoms with Crippen LogP contribution in [0.1, 0.15) is 12.0 Å². The van der Waals surface area contributed by atoms with E-state index in [1.165, 1.54) is 12.3 Å². The molecule has 0 fully saturated rings. The van der Waals surface area contributed by atoms with Gasteiger partial charge in [0.15, 0.2) is 0 Å². The maximum absolute atomic E-state index is 11.8. The average Bonchev–Trinajstić information content (AvgIpc) is 2.58. The number of halogens is 2. The van der Waals surface area contributed by atoms with Crippen LogP contribution in [0.3, 0.4) is 0 Å². The Morgan fingerprint density at radius 3 is 2.35 bits per heavy atom. The molecule has 2 aromatic rings. The van der Waals surface area contributed by atoms with Gasteiger partial charge in [0.05, 0.1) is 16.3 Å². The van der Waals surface area contributed by atoms with Gasteiger partial charge in [0.25, 0.3) is 0 Å². The summed E-state index contributed by atoms with van der Waals surface area (Å²) in [6.07, 6.45) is 1.14. The van der Waals surface area contributed by atoms with Crippen molar-refractivity contribution in [2.24, 2.45) is 5.10 Å².